The lowest BCUT2D eigenvalue weighted by Crippen LogP contribution is -2.31. The molecule has 1 N–H and O–H groups in total. The molecule has 0 spiro atoms. The minimum atomic E-state index is -0.700. The highest BCUT2D eigenvalue weighted by molar-refractivity contribution is 4.82. The van der Waals surface area contributed by atoms with Gasteiger partial charge in [-0.3, -0.25) is 0 Å². The summed E-state index contributed by atoms with van der Waals surface area (Å²) >= 11 is 0. The second kappa shape index (κ2) is 2.26. The van der Waals surface area contributed by atoms with Crippen LogP contribution in [0.15, 0.2) is 0 Å². The van der Waals surface area contributed by atoms with Crippen molar-refractivity contribution >= 4 is 0 Å². The molecule has 1 heterocycles. The summed E-state index contributed by atoms with van der Waals surface area (Å²) in [7, 11) is 0. The molecular formula is C5H9FN. The molecule has 0 amide bonds. The Hall–Kier alpha value is -0.110. The smallest absolute Gasteiger partial charge is 0.116 e. The van der Waals surface area contributed by atoms with Crippen LogP contribution in [0.1, 0.15) is 6.42 Å². The van der Waals surface area contributed by atoms with E-state index in [-0.39, 0.29) is 0 Å². The van der Waals surface area contributed by atoms with E-state index in [0.29, 0.717) is 6.54 Å². The predicted octanol–water partition coefficient (Wildman–Crippen LogP) is 0.522. The lowest BCUT2D eigenvalue weighted by molar-refractivity contribution is 0.327. The van der Waals surface area contributed by atoms with E-state index in [1.807, 2.05) is 0 Å². The molecule has 1 radical (unpaired) electrons. The van der Waals surface area contributed by atoms with E-state index in [1.54, 1.807) is 6.42 Å². The van der Waals surface area contributed by atoms with Gasteiger partial charge in [0, 0.05) is 6.54 Å². The molecule has 1 saturated heterocycles. The highest BCUT2D eigenvalue weighted by Crippen LogP contribution is 2.01. The molecule has 0 aliphatic carbocycles. The normalized spacial score (nSPS) is 33.0. The Balaban J connectivity index is 2.12. The molecule has 1 atom stereocenters. The number of halogens is 1. The summed E-state index contributed by atoms with van der Waals surface area (Å²) < 4.78 is 12.1. The Morgan fingerprint density at radius 1 is 1.71 bits per heavy atom. The fourth-order valence-corrected chi connectivity index (χ4v) is 0.690. The van der Waals surface area contributed by atoms with Gasteiger partial charge < -0.3 is 5.32 Å². The van der Waals surface area contributed by atoms with Crippen LogP contribution in [-0.2, 0) is 0 Å². The molecule has 41 valence electrons. The van der Waals surface area contributed by atoms with Crippen LogP contribution in [-0.4, -0.2) is 19.3 Å². The van der Waals surface area contributed by atoms with E-state index in [1.165, 1.54) is 0 Å². The van der Waals surface area contributed by atoms with E-state index in [4.69, 9.17) is 0 Å². The lowest BCUT2D eigenvalue weighted by atomic mass is 10.1. The molecule has 0 unspecified atom stereocenters. The second-order valence-corrected chi connectivity index (χ2v) is 1.74. The molecule has 0 saturated carbocycles. The Morgan fingerprint density at radius 3 is 2.86 bits per heavy atom. The molecule has 2 heteroatoms. The predicted molar refractivity (Wildman–Crippen MR) is 26.7 cm³/mol. The fraction of sp³-hybridized carbons (Fsp3) is 0.800. The van der Waals surface area contributed by atoms with Gasteiger partial charge in [0.1, 0.15) is 6.17 Å². The Labute approximate surface area is 42.9 Å². The van der Waals surface area contributed by atoms with Gasteiger partial charge in [0.25, 0.3) is 0 Å². The van der Waals surface area contributed by atoms with Gasteiger partial charge >= 0.3 is 0 Å². The number of rotatable bonds is 0. The lowest BCUT2D eigenvalue weighted by Gasteiger charge is -2.14. The molecule has 0 aromatic heterocycles. The van der Waals surface area contributed by atoms with E-state index in [2.05, 4.69) is 5.32 Å². The van der Waals surface area contributed by atoms with Crippen molar-refractivity contribution in [1.82, 2.24) is 5.32 Å². The second-order valence-electron chi connectivity index (χ2n) is 1.74. The molecule has 1 rings (SSSR count). The van der Waals surface area contributed by atoms with Crippen molar-refractivity contribution in [2.45, 2.75) is 12.6 Å². The van der Waals surface area contributed by atoms with Gasteiger partial charge in [-0.2, -0.15) is 0 Å². The number of hydrogen-bond donors (Lipinski definition) is 1. The van der Waals surface area contributed by atoms with Gasteiger partial charge in [0.2, 0.25) is 0 Å². The molecule has 1 nitrogen and oxygen atoms in total. The Bertz CT molecular complexity index is 50.0. The molecule has 1 fully saturated rings. The standard InChI is InChI=1S/C5H9FN/c6-5-2-1-3-7-4-5/h2,5,7H,1,3-4H2/t5-/m1/s1. The summed E-state index contributed by atoms with van der Waals surface area (Å²) in [6.45, 7) is 1.46. The van der Waals surface area contributed by atoms with Crippen molar-refractivity contribution in [3.63, 3.8) is 0 Å². The summed E-state index contributed by atoms with van der Waals surface area (Å²) in [6.07, 6.45) is 1.88. The number of hydrogen-bond acceptors (Lipinski definition) is 1. The van der Waals surface area contributed by atoms with Crippen molar-refractivity contribution in [2.24, 2.45) is 0 Å². The van der Waals surface area contributed by atoms with Crippen molar-refractivity contribution < 1.29 is 4.39 Å². The third kappa shape index (κ3) is 1.43. The molecule has 7 heavy (non-hydrogen) atoms. The van der Waals surface area contributed by atoms with Gasteiger partial charge in [0.15, 0.2) is 0 Å². The zero-order chi connectivity index (χ0) is 5.11. The maximum absolute atomic E-state index is 12.1. The van der Waals surface area contributed by atoms with Gasteiger partial charge in [-0.15, -0.1) is 0 Å². The molecule has 0 aromatic carbocycles. The Morgan fingerprint density at radius 2 is 2.57 bits per heavy atom. The van der Waals surface area contributed by atoms with Crippen LogP contribution < -0.4 is 5.32 Å². The van der Waals surface area contributed by atoms with Crippen molar-refractivity contribution in [3.8, 4) is 0 Å². The highest BCUT2D eigenvalue weighted by atomic mass is 19.1. The summed E-state index contributed by atoms with van der Waals surface area (Å²) in [5, 5.41) is 2.93. The first-order valence-corrected chi connectivity index (χ1v) is 2.58. The van der Waals surface area contributed by atoms with Crippen LogP contribution in [0.2, 0.25) is 0 Å². The van der Waals surface area contributed by atoms with Crippen LogP contribution >= 0.6 is 0 Å². The molecule has 1 aliphatic rings. The van der Waals surface area contributed by atoms with Gasteiger partial charge in [0.05, 0.1) is 0 Å². The first-order chi connectivity index (χ1) is 3.39. The number of alkyl halides is 1. The summed E-state index contributed by atoms with van der Waals surface area (Å²) in [6, 6.07) is 0. The van der Waals surface area contributed by atoms with Crippen molar-refractivity contribution in [2.75, 3.05) is 13.1 Å². The van der Waals surface area contributed by atoms with Crippen molar-refractivity contribution in [3.05, 3.63) is 6.42 Å². The third-order valence-corrected chi connectivity index (χ3v) is 1.08. The molecule has 0 bridgehead atoms. The van der Waals surface area contributed by atoms with Crippen LogP contribution in [0, 0.1) is 6.42 Å². The number of piperidine rings is 1. The van der Waals surface area contributed by atoms with Crippen LogP contribution in [0.5, 0.6) is 0 Å². The molecule has 1 aliphatic heterocycles. The average molecular weight is 102 g/mol. The minimum Gasteiger partial charge on any atom is -0.314 e. The van der Waals surface area contributed by atoms with Gasteiger partial charge in [-0.1, -0.05) is 0 Å². The van der Waals surface area contributed by atoms with Crippen LogP contribution in [0.25, 0.3) is 0 Å². The molecule has 0 aromatic rings. The largest absolute Gasteiger partial charge is 0.314 e. The fourth-order valence-electron chi connectivity index (χ4n) is 0.690. The minimum absolute atomic E-state index is 0.514. The van der Waals surface area contributed by atoms with Gasteiger partial charge in [-0.25, -0.2) is 4.39 Å². The van der Waals surface area contributed by atoms with E-state index in [9.17, 15) is 4.39 Å². The van der Waals surface area contributed by atoms with Crippen LogP contribution in [0.4, 0.5) is 4.39 Å². The topological polar surface area (TPSA) is 12.0 Å². The first-order valence-electron chi connectivity index (χ1n) is 2.58. The number of nitrogens with one attached hydrogen (secondary N) is 1. The third-order valence-electron chi connectivity index (χ3n) is 1.08. The zero-order valence-electron chi connectivity index (χ0n) is 4.15. The average Bonchev–Trinajstić information content (AvgIpc) is 1.69. The van der Waals surface area contributed by atoms with Crippen LogP contribution in [0.3, 0.4) is 0 Å². The Kier molecular flexibility index (Phi) is 1.63. The summed E-state index contributed by atoms with van der Waals surface area (Å²) in [5.74, 6) is 0. The molecular weight excluding hydrogens is 93.1 g/mol. The zero-order valence-corrected chi connectivity index (χ0v) is 4.15. The quantitative estimate of drug-likeness (QED) is 0.470. The van der Waals surface area contributed by atoms with E-state index >= 15 is 0 Å². The highest BCUT2D eigenvalue weighted by Gasteiger charge is 2.09. The summed E-state index contributed by atoms with van der Waals surface area (Å²) in [5.41, 5.74) is 0. The van der Waals surface area contributed by atoms with E-state index < -0.39 is 6.17 Å². The maximum atomic E-state index is 12.1. The monoisotopic (exact) mass is 102 g/mol. The first kappa shape index (κ1) is 5.04. The SMILES string of the molecule is F[C@@H]1[CH]CCNC1. The van der Waals surface area contributed by atoms with E-state index in [0.717, 1.165) is 13.0 Å². The van der Waals surface area contributed by atoms with Gasteiger partial charge in [-0.05, 0) is 19.4 Å². The summed E-state index contributed by atoms with van der Waals surface area (Å²) in [4.78, 5) is 0. The van der Waals surface area contributed by atoms with Crippen molar-refractivity contribution in [1.29, 1.82) is 0 Å². The maximum Gasteiger partial charge on any atom is 0.116 e.